The van der Waals surface area contributed by atoms with Gasteiger partial charge in [-0.2, -0.15) is 0 Å². The molecule has 2 aromatic rings. The van der Waals surface area contributed by atoms with Gasteiger partial charge in [0, 0.05) is 30.7 Å². The summed E-state index contributed by atoms with van der Waals surface area (Å²) in [7, 11) is 2.67. The van der Waals surface area contributed by atoms with Crippen molar-refractivity contribution in [2.24, 2.45) is 0 Å². The lowest BCUT2D eigenvalue weighted by Crippen LogP contribution is -2.06. The molecule has 8 nitrogen and oxygen atoms in total. The Balaban J connectivity index is 2.39. The molecule has 0 saturated heterocycles. The summed E-state index contributed by atoms with van der Waals surface area (Å²) in [6.45, 7) is 3.65. The summed E-state index contributed by atoms with van der Waals surface area (Å²) in [6, 6.07) is 0. The molecule has 2 N–H and O–H groups in total. The number of ether oxygens (including phenoxy) is 2. The van der Waals surface area contributed by atoms with Crippen LogP contribution in [0.1, 0.15) is 67.5 Å². The van der Waals surface area contributed by atoms with Crippen molar-refractivity contribution in [3.8, 4) is 0 Å². The summed E-state index contributed by atoms with van der Waals surface area (Å²) in [5, 5.41) is 0. The summed E-state index contributed by atoms with van der Waals surface area (Å²) >= 11 is 0. The number of esters is 2. The second-order valence-corrected chi connectivity index (χ2v) is 6.81. The van der Waals surface area contributed by atoms with Crippen LogP contribution in [-0.2, 0) is 38.3 Å². The molecule has 0 fully saturated rings. The summed E-state index contributed by atoms with van der Waals surface area (Å²) in [5.41, 5.74) is 5.79. The van der Waals surface area contributed by atoms with Crippen molar-refractivity contribution in [2.45, 2.75) is 46.0 Å². The van der Waals surface area contributed by atoms with Crippen LogP contribution in [0.4, 0.5) is 0 Å². The highest BCUT2D eigenvalue weighted by molar-refractivity contribution is 5.78. The number of H-pyrrole nitrogens is 2. The van der Waals surface area contributed by atoms with E-state index in [1.165, 1.54) is 14.2 Å². The van der Waals surface area contributed by atoms with Gasteiger partial charge < -0.3 is 19.4 Å². The molecule has 0 saturated carbocycles. The average molecular weight is 402 g/mol. The number of nitrogens with one attached hydrogen (secondary N) is 2. The zero-order valence-corrected chi connectivity index (χ0v) is 17.1. The van der Waals surface area contributed by atoms with E-state index in [1.807, 2.05) is 13.8 Å². The second kappa shape index (κ2) is 9.86. The normalized spacial score (nSPS) is 10.6. The lowest BCUT2D eigenvalue weighted by Gasteiger charge is -2.08. The highest BCUT2D eigenvalue weighted by atomic mass is 16.5. The van der Waals surface area contributed by atoms with Crippen LogP contribution in [-0.4, -0.2) is 48.7 Å². The van der Waals surface area contributed by atoms with E-state index in [1.54, 1.807) is 0 Å². The van der Waals surface area contributed by atoms with Crippen molar-refractivity contribution in [2.75, 3.05) is 14.2 Å². The topological polar surface area (TPSA) is 118 Å². The van der Waals surface area contributed by atoms with Gasteiger partial charge in [-0.05, 0) is 48.9 Å². The minimum absolute atomic E-state index is 0.193. The number of hydrogen-bond acceptors (Lipinski definition) is 6. The first kappa shape index (κ1) is 22.1. The fourth-order valence-electron chi connectivity index (χ4n) is 3.49. The first-order chi connectivity index (χ1) is 13.9. The van der Waals surface area contributed by atoms with Gasteiger partial charge in [0.2, 0.25) is 0 Å². The molecule has 0 aliphatic rings. The molecule has 0 aliphatic carbocycles. The molecule has 0 unspecified atom stereocenters. The van der Waals surface area contributed by atoms with Crippen molar-refractivity contribution in [1.29, 1.82) is 0 Å². The van der Waals surface area contributed by atoms with Gasteiger partial charge in [-0.1, -0.05) is 0 Å². The quantitative estimate of drug-likeness (QED) is 0.465. The summed E-state index contributed by atoms with van der Waals surface area (Å²) in [5.74, 6) is -0.663. The Bertz CT molecular complexity index is 848. The van der Waals surface area contributed by atoms with Gasteiger partial charge in [0.1, 0.15) is 0 Å². The van der Waals surface area contributed by atoms with E-state index in [-0.39, 0.29) is 24.8 Å². The molecule has 0 amide bonds. The maximum atomic E-state index is 11.6. The van der Waals surface area contributed by atoms with Crippen LogP contribution in [0.25, 0.3) is 0 Å². The number of hydrogen-bond donors (Lipinski definition) is 2. The monoisotopic (exact) mass is 402 g/mol. The third kappa shape index (κ3) is 5.01. The molecule has 156 valence electrons. The van der Waals surface area contributed by atoms with Crippen LogP contribution < -0.4 is 0 Å². The lowest BCUT2D eigenvalue weighted by atomic mass is 9.98. The second-order valence-electron chi connectivity index (χ2n) is 6.81. The van der Waals surface area contributed by atoms with Crippen molar-refractivity contribution in [3.63, 3.8) is 0 Å². The Hall–Kier alpha value is -3.16. The van der Waals surface area contributed by atoms with Crippen LogP contribution in [0, 0.1) is 13.8 Å². The fourth-order valence-corrected chi connectivity index (χ4v) is 3.49. The van der Waals surface area contributed by atoms with Crippen LogP contribution in [0.15, 0.2) is 0 Å². The zero-order chi connectivity index (χ0) is 21.6. The van der Waals surface area contributed by atoms with E-state index < -0.39 is 0 Å². The largest absolute Gasteiger partial charge is 0.469 e. The average Bonchev–Trinajstić information content (AvgIpc) is 3.19. The Labute approximate surface area is 169 Å². The fraction of sp³-hybridized carbons (Fsp3) is 0.429. The van der Waals surface area contributed by atoms with Crippen molar-refractivity contribution < 1.29 is 28.7 Å². The third-order valence-corrected chi connectivity index (χ3v) is 5.22. The molecule has 2 rings (SSSR count). The van der Waals surface area contributed by atoms with E-state index in [2.05, 4.69) is 9.97 Å². The third-order valence-electron chi connectivity index (χ3n) is 5.22. The van der Waals surface area contributed by atoms with Crippen LogP contribution in [0.2, 0.25) is 0 Å². The zero-order valence-electron chi connectivity index (χ0n) is 17.1. The molecule has 2 aromatic heterocycles. The molecule has 0 bridgehead atoms. The minimum atomic E-state index is -0.332. The van der Waals surface area contributed by atoms with Crippen LogP contribution in [0.5, 0.6) is 0 Å². The van der Waals surface area contributed by atoms with Gasteiger partial charge in [0.25, 0.3) is 0 Å². The number of methoxy groups -OCH3 is 2. The highest BCUT2D eigenvalue weighted by Crippen LogP contribution is 2.26. The number of aromatic amines is 2. The first-order valence-electron chi connectivity index (χ1n) is 9.30. The molecule has 0 aromatic carbocycles. The Morgan fingerprint density at radius 3 is 1.48 bits per heavy atom. The highest BCUT2D eigenvalue weighted by Gasteiger charge is 2.20. The molecule has 2 heterocycles. The minimum Gasteiger partial charge on any atom is -0.469 e. The predicted molar refractivity (Wildman–Crippen MR) is 105 cm³/mol. The number of rotatable bonds is 10. The number of aromatic nitrogens is 2. The van der Waals surface area contributed by atoms with E-state index >= 15 is 0 Å². The Kier molecular flexibility index (Phi) is 7.52. The summed E-state index contributed by atoms with van der Waals surface area (Å²) < 4.78 is 9.43. The molecular weight excluding hydrogens is 376 g/mol. The van der Waals surface area contributed by atoms with Gasteiger partial charge in [-0.3, -0.25) is 19.2 Å². The molecule has 0 atom stereocenters. The number of carbonyl (C=O) groups is 4. The molecule has 29 heavy (non-hydrogen) atoms. The molecule has 8 heteroatoms. The molecular formula is C21H26N2O6. The van der Waals surface area contributed by atoms with E-state index in [0.29, 0.717) is 30.7 Å². The van der Waals surface area contributed by atoms with Crippen molar-refractivity contribution >= 4 is 24.5 Å². The van der Waals surface area contributed by atoms with Gasteiger partial charge in [-0.25, -0.2) is 0 Å². The van der Waals surface area contributed by atoms with E-state index in [0.717, 1.165) is 46.2 Å². The van der Waals surface area contributed by atoms with Gasteiger partial charge in [0.15, 0.2) is 12.6 Å². The molecule has 0 spiro atoms. The van der Waals surface area contributed by atoms with E-state index in [4.69, 9.17) is 9.47 Å². The van der Waals surface area contributed by atoms with Gasteiger partial charge >= 0.3 is 11.9 Å². The van der Waals surface area contributed by atoms with Crippen LogP contribution >= 0.6 is 0 Å². The maximum Gasteiger partial charge on any atom is 0.305 e. The van der Waals surface area contributed by atoms with Crippen LogP contribution in [0.3, 0.4) is 0 Å². The summed E-state index contributed by atoms with van der Waals surface area (Å²) in [4.78, 5) is 52.2. The Morgan fingerprint density at radius 1 is 0.793 bits per heavy atom. The smallest absolute Gasteiger partial charge is 0.305 e. The van der Waals surface area contributed by atoms with E-state index in [9.17, 15) is 19.2 Å². The first-order valence-corrected chi connectivity index (χ1v) is 9.30. The molecule has 0 radical (unpaired) electrons. The summed E-state index contributed by atoms with van der Waals surface area (Å²) in [6.07, 6.45) is 3.13. The number of carbonyl (C=O) groups excluding carboxylic acids is 4. The van der Waals surface area contributed by atoms with Crippen molar-refractivity contribution in [1.82, 2.24) is 9.97 Å². The van der Waals surface area contributed by atoms with Gasteiger partial charge in [-0.15, -0.1) is 0 Å². The standard InChI is InChI=1S/C21H26N2O6/c1-12-14(5-7-20(26)28-3)16(22-18(12)10-24)9-17-15(6-8-21(27)29-4)13(2)19(11-25)23-17/h10-11,22-23H,5-9H2,1-4H3. The van der Waals surface area contributed by atoms with Gasteiger partial charge in [0.05, 0.1) is 25.6 Å². The Morgan fingerprint density at radius 2 is 1.17 bits per heavy atom. The molecule has 0 aliphatic heterocycles. The maximum absolute atomic E-state index is 11.6. The van der Waals surface area contributed by atoms with Crippen molar-refractivity contribution in [3.05, 3.63) is 45.0 Å². The SMILES string of the molecule is COC(=O)CCc1c(Cc2[nH]c(C=O)c(C)c2CCC(=O)OC)[nH]c(C=O)c1C. The number of aldehydes is 2. The lowest BCUT2D eigenvalue weighted by molar-refractivity contribution is -0.141. The predicted octanol–water partition coefficient (Wildman–Crippen LogP) is 2.39.